The van der Waals surface area contributed by atoms with Gasteiger partial charge in [0.1, 0.15) is 0 Å². The molecule has 0 radical (unpaired) electrons. The Morgan fingerprint density at radius 3 is 1.08 bits per heavy atom. The minimum absolute atomic E-state index is 0.331. The molecule has 6 aliphatic rings. The third kappa shape index (κ3) is 7.08. The topological polar surface area (TPSA) is 0 Å². The van der Waals surface area contributed by atoms with Gasteiger partial charge in [-0.1, -0.05) is 127 Å². The SMILES string of the molecule is CC1CCC(C)(C2=Cc3cccc(C4(C)CCC(C)CC4)c3C2C[SiH2]CC2C(C3(C)CCC(C)CC3)=Cc3cccc(C4(C)CCC(C)CC4)c32)CC1. The highest BCUT2D eigenvalue weighted by atomic mass is 28.2. The van der Waals surface area contributed by atoms with Crippen molar-refractivity contribution in [3.63, 3.8) is 0 Å². The monoisotopic (exact) mass is 729 g/mol. The van der Waals surface area contributed by atoms with Crippen LogP contribution in [-0.2, 0) is 10.8 Å². The first-order valence-electron chi connectivity index (χ1n) is 23.0. The molecular weight excluding hydrogens is 653 g/mol. The molecule has 0 saturated heterocycles. The van der Waals surface area contributed by atoms with Gasteiger partial charge in [0.05, 0.1) is 0 Å². The summed E-state index contributed by atoms with van der Waals surface area (Å²) < 4.78 is 0. The quantitative estimate of drug-likeness (QED) is 0.237. The smallest absolute Gasteiger partial charge is 0.0218 e. The predicted octanol–water partition coefficient (Wildman–Crippen LogP) is 14.7. The van der Waals surface area contributed by atoms with E-state index in [9.17, 15) is 0 Å². The third-order valence-electron chi connectivity index (χ3n) is 17.5. The van der Waals surface area contributed by atoms with E-state index in [1.165, 1.54) is 115 Å². The molecule has 0 spiro atoms. The summed E-state index contributed by atoms with van der Waals surface area (Å²) in [4.78, 5) is 0. The molecule has 288 valence electrons. The lowest BCUT2D eigenvalue weighted by Crippen LogP contribution is -2.32. The molecule has 0 nitrogen and oxygen atoms in total. The van der Waals surface area contributed by atoms with Gasteiger partial charge in [-0.2, -0.15) is 0 Å². The summed E-state index contributed by atoms with van der Waals surface area (Å²) in [5, 5.41) is 0. The van der Waals surface area contributed by atoms with Crippen molar-refractivity contribution < 1.29 is 0 Å². The molecule has 2 atom stereocenters. The highest BCUT2D eigenvalue weighted by molar-refractivity contribution is 6.36. The van der Waals surface area contributed by atoms with Gasteiger partial charge < -0.3 is 0 Å². The highest BCUT2D eigenvalue weighted by Gasteiger charge is 2.46. The summed E-state index contributed by atoms with van der Waals surface area (Å²) in [5.41, 5.74) is 15.4. The van der Waals surface area contributed by atoms with E-state index in [-0.39, 0.29) is 9.52 Å². The average Bonchev–Trinajstić information content (AvgIpc) is 3.73. The van der Waals surface area contributed by atoms with Gasteiger partial charge in [-0.3, -0.25) is 0 Å². The molecule has 4 fully saturated rings. The molecule has 1 heteroatoms. The summed E-state index contributed by atoms with van der Waals surface area (Å²) in [6.45, 7) is 20.7. The maximum Gasteiger partial charge on any atom is 0.0218 e. The first kappa shape index (κ1) is 38.0. The zero-order valence-electron chi connectivity index (χ0n) is 35.5. The van der Waals surface area contributed by atoms with Crippen LogP contribution in [0.15, 0.2) is 47.5 Å². The Balaban J connectivity index is 1.14. The first-order valence-corrected chi connectivity index (χ1v) is 25.0. The molecule has 8 rings (SSSR count). The van der Waals surface area contributed by atoms with Gasteiger partial charge in [0.25, 0.3) is 0 Å². The second-order valence-electron chi connectivity index (χ2n) is 21.8. The maximum absolute atomic E-state index is 2.77. The average molecular weight is 729 g/mol. The fourth-order valence-electron chi connectivity index (χ4n) is 13.1. The zero-order valence-corrected chi connectivity index (χ0v) is 36.9. The van der Waals surface area contributed by atoms with E-state index >= 15 is 0 Å². The van der Waals surface area contributed by atoms with Crippen LogP contribution in [0.3, 0.4) is 0 Å². The number of allylic oxidation sites excluding steroid dienone is 2. The van der Waals surface area contributed by atoms with Crippen LogP contribution in [0.5, 0.6) is 0 Å². The molecule has 0 aliphatic heterocycles. The third-order valence-corrected chi connectivity index (χ3v) is 19.5. The van der Waals surface area contributed by atoms with Crippen LogP contribution in [0.4, 0.5) is 0 Å². The van der Waals surface area contributed by atoms with E-state index in [1.807, 2.05) is 11.1 Å². The molecule has 2 aromatic carbocycles. The zero-order chi connectivity index (χ0) is 37.2. The van der Waals surface area contributed by atoms with Gasteiger partial charge in [-0.05, 0) is 181 Å². The number of rotatable bonds is 8. The number of benzene rings is 2. The van der Waals surface area contributed by atoms with Crippen molar-refractivity contribution in [1.82, 2.24) is 0 Å². The molecule has 0 amide bonds. The van der Waals surface area contributed by atoms with Crippen LogP contribution >= 0.6 is 0 Å². The number of hydrogen-bond acceptors (Lipinski definition) is 0. The molecular formula is C52H76Si. The molecule has 0 aromatic heterocycles. The lowest BCUT2D eigenvalue weighted by atomic mass is 9.63. The Labute approximate surface area is 328 Å². The van der Waals surface area contributed by atoms with Crippen LogP contribution in [0.2, 0.25) is 12.1 Å². The number of hydrogen-bond donors (Lipinski definition) is 0. The van der Waals surface area contributed by atoms with E-state index in [0.717, 1.165) is 23.7 Å². The molecule has 0 heterocycles. The second-order valence-corrected chi connectivity index (χ2v) is 23.7. The van der Waals surface area contributed by atoms with Crippen molar-refractivity contribution in [1.29, 1.82) is 0 Å². The maximum atomic E-state index is 2.77. The van der Waals surface area contributed by atoms with Crippen molar-refractivity contribution in [2.45, 2.75) is 193 Å². The molecule has 53 heavy (non-hydrogen) atoms. The van der Waals surface area contributed by atoms with Gasteiger partial charge in [0, 0.05) is 21.4 Å². The van der Waals surface area contributed by atoms with E-state index in [0.29, 0.717) is 33.5 Å². The number of fused-ring (bicyclic) bond motifs is 2. The van der Waals surface area contributed by atoms with Gasteiger partial charge in [0.2, 0.25) is 0 Å². The summed E-state index contributed by atoms with van der Waals surface area (Å²) in [5.74, 6) is 4.84. The summed E-state index contributed by atoms with van der Waals surface area (Å²) >= 11 is 0. The van der Waals surface area contributed by atoms with Crippen molar-refractivity contribution in [3.8, 4) is 0 Å². The Morgan fingerprint density at radius 2 is 0.755 bits per heavy atom. The van der Waals surface area contributed by atoms with E-state index < -0.39 is 0 Å². The van der Waals surface area contributed by atoms with E-state index in [1.54, 1.807) is 33.4 Å². The van der Waals surface area contributed by atoms with Crippen molar-refractivity contribution in [2.75, 3.05) is 0 Å². The van der Waals surface area contributed by atoms with Crippen LogP contribution in [0.25, 0.3) is 12.2 Å². The lowest BCUT2D eigenvalue weighted by Gasteiger charge is -2.43. The second kappa shape index (κ2) is 14.6. The summed E-state index contributed by atoms with van der Waals surface area (Å²) in [7, 11) is -0.360. The fraction of sp³-hybridized carbons (Fsp3) is 0.692. The Bertz CT molecular complexity index is 1560. The molecule has 2 aromatic rings. The van der Waals surface area contributed by atoms with Gasteiger partial charge in [-0.15, -0.1) is 0 Å². The highest BCUT2D eigenvalue weighted by Crippen LogP contribution is 2.59. The van der Waals surface area contributed by atoms with E-state index in [4.69, 9.17) is 0 Å². The van der Waals surface area contributed by atoms with Crippen molar-refractivity contribution in [3.05, 3.63) is 80.9 Å². The summed E-state index contributed by atoms with van der Waals surface area (Å²) in [6, 6.07) is 18.0. The standard InChI is InChI=1S/C52H76Si/c1-35-15-23-49(5,24-16-35)43-13-9-11-39-31-45(51(7)27-19-37(3)20-28-51)41(47(39)43)33-53-34-42-46(52(8)29-21-38(4)22-30-52)32-40-12-10-14-44(48(40)42)50(6)25-17-36(2)18-26-50/h9-14,31-32,35-38,41-42H,15-30,33-34,53H2,1-8H3. The normalized spacial score (nSPS) is 40.2. The van der Waals surface area contributed by atoms with Gasteiger partial charge in [0.15, 0.2) is 0 Å². The Kier molecular flexibility index (Phi) is 10.5. The van der Waals surface area contributed by atoms with Gasteiger partial charge >= 0.3 is 0 Å². The molecule has 4 saturated carbocycles. The van der Waals surface area contributed by atoms with Crippen LogP contribution in [-0.4, -0.2) is 9.52 Å². The first-order chi connectivity index (χ1) is 25.3. The van der Waals surface area contributed by atoms with Gasteiger partial charge in [-0.25, -0.2) is 0 Å². The predicted molar refractivity (Wildman–Crippen MR) is 234 cm³/mol. The minimum Gasteiger partial charge on any atom is -0.0625 e. The molecule has 6 aliphatic carbocycles. The van der Waals surface area contributed by atoms with E-state index in [2.05, 4.69) is 104 Å². The summed E-state index contributed by atoms with van der Waals surface area (Å²) in [6.07, 6.45) is 27.7. The Hall–Kier alpha value is -1.86. The Morgan fingerprint density at radius 1 is 0.453 bits per heavy atom. The lowest BCUT2D eigenvalue weighted by molar-refractivity contribution is 0.212. The largest absolute Gasteiger partial charge is 0.0625 e. The van der Waals surface area contributed by atoms with Crippen LogP contribution < -0.4 is 0 Å². The van der Waals surface area contributed by atoms with Crippen LogP contribution in [0.1, 0.15) is 203 Å². The van der Waals surface area contributed by atoms with Crippen LogP contribution in [0, 0.1) is 34.5 Å². The minimum atomic E-state index is -0.360. The van der Waals surface area contributed by atoms with Crippen molar-refractivity contribution >= 4 is 21.7 Å². The van der Waals surface area contributed by atoms with Crippen molar-refractivity contribution in [2.24, 2.45) is 34.5 Å². The molecule has 2 unspecified atom stereocenters. The molecule has 0 N–H and O–H groups in total. The molecule has 0 bridgehead atoms. The fourth-order valence-corrected chi connectivity index (χ4v) is 15.4.